The molecule has 1 atom stereocenters. The monoisotopic (exact) mass is 453 g/mol. The summed E-state index contributed by atoms with van der Waals surface area (Å²) in [5.41, 5.74) is 0. The van der Waals surface area contributed by atoms with Crippen molar-refractivity contribution in [1.29, 1.82) is 0 Å². The van der Waals surface area contributed by atoms with Gasteiger partial charge >= 0.3 is 0 Å². The molecule has 1 heterocycles. The van der Waals surface area contributed by atoms with Crippen LogP contribution in [0.2, 0.25) is 0 Å². The van der Waals surface area contributed by atoms with Gasteiger partial charge in [-0.15, -0.1) is 0 Å². The molecule has 0 spiro atoms. The number of carbonyl (C=O) groups is 2. The molecule has 0 radical (unpaired) electrons. The highest BCUT2D eigenvalue weighted by Gasteiger charge is 2.34. The molecular weight excluding hydrogens is 418 g/mol. The number of amides is 2. The zero-order valence-electron chi connectivity index (χ0n) is 19.1. The molecule has 0 aromatic heterocycles. The SMILES string of the molecule is CCOc1ccc(S(=O)(=O)N2CCN(C(=O)C(NC(=O)CC(C)C)C(C)C)CC2)cc1. The summed E-state index contributed by atoms with van der Waals surface area (Å²) in [6, 6.07) is 5.75. The summed E-state index contributed by atoms with van der Waals surface area (Å²) < 4.78 is 32.7. The van der Waals surface area contributed by atoms with E-state index < -0.39 is 16.1 Å². The molecule has 2 amide bonds. The molecule has 1 saturated heterocycles. The lowest BCUT2D eigenvalue weighted by molar-refractivity contribution is -0.138. The first kappa shape index (κ1) is 25.1. The van der Waals surface area contributed by atoms with E-state index in [1.807, 2.05) is 34.6 Å². The minimum absolute atomic E-state index is 0.0609. The van der Waals surface area contributed by atoms with Gasteiger partial charge in [0.25, 0.3) is 0 Å². The molecule has 0 aliphatic carbocycles. The number of nitrogens with zero attached hydrogens (tertiary/aromatic N) is 2. The normalized spacial score (nSPS) is 16.4. The van der Waals surface area contributed by atoms with E-state index >= 15 is 0 Å². The number of hydrogen-bond donors (Lipinski definition) is 1. The number of rotatable bonds is 9. The van der Waals surface area contributed by atoms with Crippen LogP contribution in [0.1, 0.15) is 41.0 Å². The van der Waals surface area contributed by atoms with Crippen LogP contribution in [0.3, 0.4) is 0 Å². The van der Waals surface area contributed by atoms with Crippen molar-refractivity contribution in [1.82, 2.24) is 14.5 Å². The van der Waals surface area contributed by atoms with Crippen LogP contribution in [0, 0.1) is 11.8 Å². The molecule has 0 bridgehead atoms. The van der Waals surface area contributed by atoms with Crippen LogP contribution in [-0.4, -0.2) is 68.3 Å². The van der Waals surface area contributed by atoms with Crippen molar-refractivity contribution in [2.75, 3.05) is 32.8 Å². The van der Waals surface area contributed by atoms with E-state index in [0.29, 0.717) is 31.9 Å². The molecular formula is C22H35N3O5S. The molecule has 174 valence electrons. The minimum atomic E-state index is -3.64. The first-order valence-corrected chi connectivity index (χ1v) is 12.3. The van der Waals surface area contributed by atoms with Crippen molar-refractivity contribution in [3.63, 3.8) is 0 Å². The first-order valence-electron chi connectivity index (χ1n) is 10.9. The maximum absolute atomic E-state index is 13.0. The average molecular weight is 454 g/mol. The second kappa shape index (κ2) is 10.9. The molecule has 8 nitrogen and oxygen atoms in total. The number of hydrogen-bond acceptors (Lipinski definition) is 5. The van der Waals surface area contributed by atoms with Crippen molar-refractivity contribution in [3.05, 3.63) is 24.3 Å². The Morgan fingerprint density at radius 3 is 2.10 bits per heavy atom. The minimum Gasteiger partial charge on any atom is -0.494 e. The van der Waals surface area contributed by atoms with E-state index in [-0.39, 0.29) is 41.6 Å². The third-order valence-electron chi connectivity index (χ3n) is 5.17. The van der Waals surface area contributed by atoms with Crippen LogP contribution >= 0.6 is 0 Å². The van der Waals surface area contributed by atoms with E-state index in [1.165, 1.54) is 16.4 Å². The summed E-state index contributed by atoms with van der Waals surface area (Å²) in [6.45, 7) is 11.1. The third-order valence-corrected chi connectivity index (χ3v) is 7.08. The average Bonchev–Trinajstić information content (AvgIpc) is 2.71. The predicted molar refractivity (Wildman–Crippen MR) is 119 cm³/mol. The zero-order valence-corrected chi connectivity index (χ0v) is 19.9. The quantitative estimate of drug-likeness (QED) is 0.618. The van der Waals surface area contributed by atoms with Gasteiger partial charge in [0.1, 0.15) is 11.8 Å². The number of carbonyl (C=O) groups excluding carboxylic acids is 2. The molecule has 1 fully saturated rings. The fourth-order valence-corrected chi connectivity index (χ4v) is 4.91. The Labute approximate surface area is 186 Å². The Morgan fingerprint density at radius 2 is 1.61 bits per heavy atom. The summed E-state index contributed by atoms with van der Waals surface area (Å²) in [6.07, 6.45) is 0.366. The summed E-state index contributed by atoms with van der Waals surface area (Å²) in [5, 5.41) is 2.85. The van der Waals surface area contributed by atoms with Gasteiger partial charge in [-0.25, -0.2) is 8.42 Å². The van der Waals surface area contributed by atoms with Gasteiger partial charge in [-0.05, 0) is 43.0 Å². The van der Waals surface area contributed by atoms with Gasteiger partial charge in [-0.2, -0.15) is 4.31 Å². The summed E-state index contributed by atoms with van der Waals surface area (Å²) in [4.78, 5) is 27.0. The molecule has 1 aromatic rings. The van der Waals surface area contributed by atoms with Gasteiger partial charge < -0.3 is 15.0 Å². The summed E-state index contributed by atoms with van der Waals surface area (Å²) in [5.74, 6) is 0.466. The molecule has 2 rings (SSSR count). The van der Waals surface area contributed by atoms with Crippen molar-refractivity contribution in [2.45, 2.75) is 52.0 Å². The van der Waals surface area contributed by atoms with Crippen molar-refractivity contribution in [2.24, 2.45) is 11.8 Å². The standard InChI is InChI=1S/C22H35N3O5S/c1-6-30-18-7-9-19(10-8-18)31(28,29)25-13-11-24(12-14-25)22(27)21(17(4)5)23-20(26)15-16(2)3/h7-10,16-17,21H,6,11-15H2,1-5H3,(H,23,26). The largest absolute Gasteiger partial charge is 0.494 e. The van der Waals surface area contributed by atoms with E-state index in [1.54, 1.807) is 17.0 Å². The van der Waals surface area contributed by atoms with Gasteiger partial charge in [0.2, 0.25) is 21.8 Å². The van der Waals surface area contributed by atoms with Gasteiger partial charge in [0.15, 0.2) is 0 Å². The molecule has 1 unspecified atom stereocenters. The van der Waals surface area contributed by atoms with Gasteiger partial charge in [0, 0.05) is 32.6 Å². The number of ether oxygens (including phenoxy) is 1. The molecule has 1 aromatic carbocycles. The van der Waals surface area contributed by atoms with Gasteiger partial charge in [0.05, 0.1) is 11.5 Å². The Bertz CT molecular complexity index is 844. The summed E-state index contributed by atoms with van der Waals surface area (Å²) in [7, 11) is -3.64. The van der Waals surface area contributed by atoms with Crippen molar-refractivity contribution >= 4 is 21.8 Å². The highest BCUT2D eigenvalue weighted by Crippen LogP contribution is 2.21. The number of nitrogens with one attached hydrogen (secondary N) is 1. The van der Waals surface area contributed by atoms with Crippen molar-refractivity contribution in [3.8, 4) is 5.75 Å². The molecule has 1 aliphatic heterocycles. The lowest BCUT2D eigenvalue weighted by atomic mass is 10.0. The maximum atomic E-state index is 13.0. The van der Waals surface area contributed by atoms with E-state index in [2.05, 4.69) is 5.32 Å². The van der Waals surface area contributed by atoms with Gasteiger partial charge in [-0.1, -0.05) is 27.7 Å². The fraction of sp³-hybridized carbons (Fsp3) is 0.636. The van der Waals surface area contributed by atoms with Crippen LogP contribution in [0.25, 0.3) is 0 Å². The van der Waals surface area contributed by atoms with Crippen LogP contribution < -0.4 is 10.1 Å². The number of sulfonamides is 1. The lowest BCUT2D eigenvalue weighted by Crippen LogP contribution is -2.57. The Morgan fingerprint density at radius 1 is 1.03 bits per heavy atom. The molecule has 9 heteroatoms. The molecule has 1 aliphatic rings. The highest BCUT2D eigenvalue weighted by molar-refractivity contribution is 7.89. The predicted octanol–water partition coefficient (Wildman–Crippen LogP) is 2.11. The molecule has 31 heavy (non-hydrogen) atoms. The number of piperazine rings is 1. The van der Waals surface area contributed by atoms with Crippen LogP contribution in [0.15, 0.2) is 29.2 Å². The van der Waals surface area contributed by atoms with Gasteiger partial charge in [-0.3, -0.25) is 9.59 Å². The second-order valence-corrected chi connectivity index (χ2v) is 10.5. The van der Waals surface area contributed by atoms with E-state index in [4.69, 9.17) is 4.74 Å². The second-order valence-electron chi connectivity index (χ2n) is 8.52. The Hall–Kier alpha value is -2.13. The first-order chi connectivity index (χ1) is 14.6. The number of benzene rings is 1. The Kier molecular flexibility index (Phi) is 8.88. The lowest BCUT2D eigenvalue weighted by Gasteiger charge is -2.36. The fourth-order valence-electron chi connectivity index (χ4n) is 3.49. The highest BCUT2D eigenvalue weighted by atomic mass is 32.2. The van der Waals surface area contributed by atoms with Crippen LogP contribution in [0.4, 0.5) is 0 Å². The smallest absolute Gasteiger partial charge is 0.245 e. The maximum Gasteiger partial charge on any atom is 0.245 e. The van der Waals surface area contributed by atoms with Crippen molar-refractivity contribution < 1.29 is 22.7 Å². The van der Waals surface area contributed by atoms with E-state index in [0.717, 1.165) is 0 Å². The molecule has 1 N–H and O–H groups in total. The topological polar surface area (TPSA) is 96.0 Å². The van der Waals surface area contributed by atoms with Crippen LogP contribution in [0.5, 0.6) is 5.75 Å². The molecule has 0 saturated carbocycles. The van der Waals surface area contributed by atoms with Crippen LogP contribution in [-0.2, 0) is 19.6 Å². The Balaban J connectivity index is 2.01. The third kappa shape index (κ3) is 6.67. The van der Waals surface area contributed by atoms with E-state index in [9.17, 15) is 18.0 Å². The summed E-state index contributed by atoms with van der Waals surface area (Å²) >= 11 is 0. The zero-order chi connectivity index (χ0) is 23.2.